The van der Waals surface area contributed by atoms with Gasteiger partial charge in [-0.25, -0.2) is 4.79 Å². The van der Waals surface area contributed by atoms with Gasteiger partial charge in [0.25, 0.3) is 0 Å². The largest absolute Gasteiger partial charge is 0.480 e. The molecule has 1 unspecified atom stereocenters. The molecule has 1 aliphatic heterocycles. The zero-order valence-corrected chi connectivity index (χ0v) is 15.2. The number of hydrogen-bond acceptors (Lipinski definition) is 4. The number of nitrogens with one attached hydrogen (secondary N) is 1. The Hall–Kier alpha value is -2.08. The molecule has 0 saturated carbocycles. The zero-order valence-electron chi connectivity index (χ0n) is 15.2. The first-order valence-electron chi connectivity index (χ1n) is 8.86. The third-order valence-corrected chi connectivity index (χ3v) is 5.06. The number of hydrogen-bond donors (Lipinski definition) is 2. The Morgan fingerprint density at radius 3 is 2.84 bits per heavy atom. The second kappa shape index (κ2) is 8.34. The van der Waals surface area contributed by atoms with Crippen LogP contribution in [0.5, 0.6) is 5.75 Å². The Labute approximate surface area is 149 Å². The van der Waals surface area contributed by atoms with E-state index in [1.54, 1.807) is 6.07 Å². The van der Waals surface area contributed by atoms with Gasteiger partial charge in [-0.2, -0.15) is 0 Å². The summed E-state index contributed by atoms with van der Waals surface area (Å²) in [5.41, 5.74) is 1.22. The number of likely N-dealkylation sites (tertiary alicyclic amines) is 1. The topological polar surface area (TPSA) is 78.9 Å². The molecule has 6 nitrogen and oxygen atoms in total. The molecule has 2 N–H and O–H groups in total. The highest BCUT2D eigenvalue weighted by Crippen LogP contribution is 2.37. The number of rotatable bonds is 5. The van der Waals surface area contributed by atoms with Crippen LogP contribution < -0.4 is 10.1 Å². The van der Waals surface area contributed by atoms with Gasteiger partial charge in [0.05, 0.1) is 0 Å². The molecule has 1 aromatic rings. The van der Waals surface area contributed by atoms with Crippen molar-refractivity contribution in [2.75, 3.05) is 20.1 Å². The lowest BCUT2D eigenvalue weighted by Crippen LogP contribution is -2.40. The van der Waals surface area contributed by atoms with Crippen molar-refractivity contribution in [3.05, 3.63) is 29.8 Å². The summed E-state index contributed by atoms with van der Waals surface area (Å²) < 4.78 is 5.29. The molecule has 0 aliphatic carbocycles. The van der Waals surface area contributed by atoms with E-state index in [1.807, 2.05) is 12.1 Å². The van der Waals surface area contributed by atoms with Crippen molar-refractivity contribution in [3.63, 3.8) is 0 Å². The minimum Gasteiger partial charge on any atom is -0.480 e. The molecule has 0 aromatic heterocycles. The summed E-state index contributed by atoms with van der Waals surface area (Å²) in [6.45, 7) is 5.68. The van der Waals surface area contributed by atoms with Crippen LogP contribution in [-0.4, -0.2) is 48.2 Å². The average Bonchev–Trinajstić information content (AvgIpc) is 2.77. The number of carbonyl (C=O) groups is 2. The first-order valence-corrected chi connectivity index (χ1v) is 8.86. The Bertz CT molecular complexity index is 619. The molecule has 25 heavy (non-hydrogen) atoms. The number of carbonyl (C=O) groups excluding carboxylic acids is 1. The summed E-state index contributed by atoms with van der Waals surface area (Å²) in [4.78, 5) is 25.0. The molecule has 0 spiro atoms. The van der Waals surface area contributed by atoms with Gasteiger partial charge in [-0.15, -0.1) is 0 Å². The summed E-state index contributed by atoms with van der Waals surface area (Å²) in [7, 11) is 2.15. The fourth-order valence-electron chi connectivity index (χ4n) is 3.51. The van der Waals surface area contributed by atoms with E-state index in [9.17, 15) is 9.59 Å². The normalized spacial score (nSPS) is 22.7. The number of likely N-dealkylation sites (N-methyl/N-ethyl adjacent to an activating group) is 1. The van der Waals surface area contributed by atoms with Crippen molar-refractivity contribution < 1.29 is 19.4 Å². The first-order chi connectivity index (χ1) is 11.9. The fraction of sp³-hybridized carbons (Fsp3) is 0.579. The van der Waals surface area contributed by atoms with Gasteiger partial charge in [0, 0.05) is 12.0 Å². The number of amides is 1. The van der Waals surface area contributed by atoms with Gasteiger partial charge >= 0.3 is 12.1 Å². The fourth-order valence-corrected chi connectivity index (χ4v) is 3.51. The number of benzene rings is 1. The third-order valence-electron chi connectivity index (χ3n) is 5.06. The Kier molecular flexibility index (Phi) is 6.42. The highest BCUT2D eigenvalue weighted by atomic mass is 16.6. The monoisotopic (exact) mass is 348 g/mol. The van der Waals surface area contributed by atoms with Crippen LogP contribution in [0, 0.1) is 0 Å². The van der Waals surface area contributed by atoms with E-state index < -0.39 is 18.1 Å². The first kappa shape index (κ1) is 19.2. The van der Waals surface area contributed by atoms with Crippen LogP contribution in [0.4, 0.5) is 4.79 Å². The zero-order chi connectivity index (χ0) is 18.4. The summed E-state index contributed by atoms with van der Waals surface area (Å²) in [6.07, 6.45) is 3.75. The van der Waals surface area contributed by atoms with Gasteiger partial charge < -0.3 is 20.1 Å². The van der Waals surface area contributed by atoms with Gasteiger partial charge in [0.15, 0.2) is 0 Å². The third kappa shape index (κ3) is 4.95. The van der Waals surface area contributed by atoms with Crippen LogP contribution in [0.2, 0.25) is 0 Å². The molecule has 1 saturated heterocycles. The van der Waals surface area contributed by atoms with Crippen LogP contribution in [0.25, 0.3) is 0 Å². The molecule has 2 atom stereocenters. The number of nitrogens with zero attached hydrogens (tertiary/aromatic N) is 1. The summed E-state index contributed by atoms with van der Waals surface area (Å²) in [5.74, 6) is -0.663. The van der Waals surface area contributed by atoms with Gasteiger partial charge in [0.1, 0.15) is 11.8 Å². The molecule has 1 amide bonds. The second-order valence-electron chi connectivity index (χ2n) is 6.95. The van der Waals surface area contributed by atoms with E-state index in [2.05, 4.69) is 30.3 Å². The molecule has 1 fully saturated rings. The molecule has 1 aromatic carbocycles. The summed E-state index contributed by atoms with van der Waals surface area (Å²) in [6, 6.07) is 6.62. The van der Waals surface area contributed by atoms with Gasteiger partial charge in [-0.3, -0.25) is 4.79 Å². The van der Waals surface area contributed by atoms with E-state index in [-0.39, 0.29) is 5.41 Å². The van der Waals surface area contributed by atoms with E-state index in [1.165, 1.54) is 25.3 Å². The summed E-state index contributed by atoms with van der Waals surface area (Å²) in [5, 5.41) is 11.2. The van der Waals surface area contributed by atoms with Crippen LogP contribution >= 0.6 is 0 Å². The molecule has 2 rings (SSSR count). The molecule has 138 valence electrons. The van der Waals surface area contributed by atoms with Crippen molar-refractivity contribution in [3.8, 4) is 5.75 Å². The van der Waals surface area contributed by atoms with Crippen molar-refractivity contribution in [2.24, 2.45) is 0 Å². The Morgan fingerprint density at radius 2 is 2.16 bits per heavy atom. The van der Waals surface area contributed by atoms with Crippen molar-refractivity contribution >= 4 is 12.1 Å². The van der Waals surface area contributed by atoms with Gasteiger partial charge in [-0.05, 0) is 57.5 Å². The molecular weight excluding hydrogens is 320 g/mol. The van der Waals surface area contributed by atoms with Crippen LogP contribution in [0.1, 0.15) is 45.1 Å². The van der Waals surface area contributed by atoms with E-state index in [4.69, 9.17) is 9.84 Å². The second-order valence-corrected chi connectivity index (χ2v) is 6.95. The molecule has 0 radical (unpaired) electrons. The number of ether oxygens (including phenoxy) is 1. The number of carboxylic acids is 1. The molecule has 6 heteroatoms. The van der Waals surface area contributed by atoms with Crippen LogP contribution in [0.15, 0.2) is 24.3 Å². The lowest BCUT2D eigenvalue weighted by molar-refractivity contribution is -0.138. The minimum absolute atomic E-state index is 0.0510. The smallest absolute Gasteiger partial charge is 0.413 e. The minimum atomic E-state index is -1.10. The predicted octanol–water partition coefficient (Wildman–Crippen LogP) is 3.01. The Morgan fingerprint density at radius 1 is 1.40 bits per heavy atom. The van der Waals surface area contributed by atoms with E-state index in [0.717, 1.165) is 25.9 Å². The number of carboxylic acid groups (broad SMARTS) is 1. The maximum atomic E-state index is 11.9. The molecule has 0 bridgehead atoms. The maximum Gasteiger partial charge on any atom is 0.413 e. The highest BCUT2D eigenvalue weighted by Gasteiger charge is 2.33. The molecular formula is C19H28N2O4. The SMILES string of the molecule is CCC1(c2cccc(OC(=O)N[C@H](C)C(=O)O)c2)CCCCN(C)C1. The quantitative estimate of drug-likeness (QED) is 0.855. The number of aliphatic carboxylic acids is 1. The lowest BCUT2D eigenvalue weighted by Gasteiger charge is -2.35. The lowest BCUT2D eigenvalue weighted by atomic mass is 9.74. The van der Waals surface area contributed by atoms with Gasteiger partial charge in [0.2, 0.25) is 0 Å². The summed E-state index contributed by atoms with van der Waals surface area (Å²) >= 11 is 0. The molecule has 1 heterocycles. The van der Waals surface area contributed by atoms with Crippen molar-refractivity contribution in [1.82, 2.24) is 10.2 Å². The van der Waals surface area contributed by atoms with Crippen molar-refractivity contribution in [1.29, 1.82) is 0 Å². The highest BCUT2D eigenvalue weighted by molar-refractivity contribution is 5.80. The Balaban J connectivity index is 2.16. The van der Waals surface area contributed by atoms with Crippen LogP contribution in [0.3, 0.4) is 0 Å². The van der Waals surface area contributed by atoms with Crippen LogP contribution in [-0.2, 0) is 10.2 Å². The average molecular weight is 348 g/mol. The van der Waals surface area contributed by atoms with Crippen molar-refractivity contribution in [2.45, 2.75) is 51.0 Å². The predicted molar refractivity (Wildman–Crippen MR) is 96.0 cm³/mol. The van der Waals surface area contributed by atoms with E-state index in [0.29, 0.717) is 5.75 Å². The van der Waals surface area contributed by atoms with Gasteiger partial charge in [-0.1, -0.05) is 25.5 Å². The standard InChI is InChI=1S/C19H28N2O4/c1-4-19(10-5-6-11-21(3)13-19)15-8-7-9-16(12-15)25-18(24)20-14(2)17(22)23/h7-9,12,14H,4-6,10-11,13H2,1-3H3,(H,20,24)(H,22,23)/t14-,19?/m1/s1. The van der Waals surface area contributed by atoms with E-state index >= 15 is 0 Å². The molecule has 1 aliphatic rings. The maximum absolute atomic E-state index is 11.9.